The van der Waals surface area contributed by atoms with Crippen molar-refractivity contribution in [3.8, 4) is 11.4 Å². The van der Waals surface area contributed by atoms with Crippen LogP contribution in [0.15, 0.2) is 41.5 Å². The SMILES string of the molecule is COCCCc1cc2ncn(-c3ccc(OC4C[C@H]5CC[C@@H](C4)N5C)cc3)c(=O)c2s1. The molecule has 0 radical (unpaired) electrons. The summed E-state index contributed by atoms with van der Waals surface area (Å²) >= 11 is 1.54. The fourth-order valence-electron chi connectivity index (χ4n) is 5.00. The largest absolute Gasteiger partial charge is 0.490 e. The van der Waals surface area contributed by atoms with Crippen LogP contribution in [0.4, 0.5) is 0 Å². The Labute approximate surface area is 186 Å². The van der Waals surface area contributed by atoms with Crippen molar-refractivity contribution < 1.29 is 9.47 Å². The minimum Gasteiger partial charge on any atom is -0.490 e. The minimum atomic E-state index is -0.0199. The summed E-state index contributed by atoms with van der Waals surface area (Å²) in [6, 6.07) is 11.2. The summed E-state index contributed by atoms with van der Waals surface area (Å²) in [5.74, 6) is 0.872. The first kappa shape index (κ1) is 20.7. The molecule has 2 aromatic heterocycles. The second-order valence-electron chi connectivity index (χ2n) is 8.70. The first-order valence-electron chi connectivity index (χ1n) is 11.1. The Bertz CT molecular complexity index is 1090. The molecule has 1 unspecified atom stereocenters. The lowest BCUT2D eigenvalue weighted by molar-refractivity contribution is 0.0662. The van der Waals surface area contributed by atoms with Crippen LogP contribution in [-0.2, 0) is 11.2 Å². The van der Waals surface area contributed by atoms with Gasteiger partial charge in [-0.05, 0) is 75.9 Å². The first-order chi connectivity index (χ1) is 15.1. The average Bonchev–Trinajstić information content (AvgIpc) is 3.26. The Morgan fingerprint density at radius 3 is 2.61 bits per heavy atom. The zero-order chi connectivity index (χ0) is 21.4. The Hall–Kier alpha value is -2.22. The van der Waals surface area contributed by atoms with E-state index in [4.69, 9.17) is 9.47 Å². The topological polar surface area (TPSA) is 56.6 Å². The summed E-state index contributed by atoms with van der Waals surface area (Å²) in [7, 11) is 3.95. The maximum Gasteiger partial charge on any atom is 0.275 e. The zero-order valence-electron chi connectivity index (χ0n) is 18.1. The van der Waals surface area contributed by atoms with Gasteiger partial charge in [0.2, 0.25) is 0 Å². The Balaban J connectivity index is 1.31. The van der Waals surface area contributed by atoms with Crippen LogP contribution in [-0.4, -0.2) is 53.4 Å². The normalized spacial score (nSPS) is 23.5. The number of hydrogen-bond acceptors (Lipinski definition) is 6. The summed E-state index contributed by atoms with van der Waals surface area (Å²) in [5, 5.41) is 0. The van der Waals surface area contributed by atoms with Gasteiger partial charge in [-0.3, -0.25) is 9.36 Å². The number of methoxy groups -OCH3 is 1. The van der Waals surface area contributed by atoms with Crippen LogP contribution < -0.4 is 10.3 Å². The van der Waals surface area contributed by atoms with Crippen LogP contribution in [0, 0.1) is 0 Å². The fraction of sp³-hybridized carbons (Fsp3) is 0.500. The lowest BCUT2D eigenvalue weighted by Crippen LogP contribution is -2.43. The molecule has 164 valence electrons. The Kier molecular flexibility index (Phi) is 5.82. The molecule has 2 aliphatic heterocycles. The summed E-state index contributed by atoms with van der Waals surface area (Å²) < 4.78 is 13.7. The number of hydrogen-bond donors (Lipinski definition) is 0. The van der Waals surface area contributed by atoms with Gasteiger partial charge < -0.3 is 14.4 Å². The molecule has 0 N–H and O–H groups in total. The smallest absolute Gasteiger partial charge is 0.275 e. The number of thiophene rings is 1. The van der Waals surface area contributed by atoms with Gasteiger partial charge in [0.05, 0.1) is 11.2 Å². The van der Waals surface area contributed by atoms with Gasteiger partial charge in [0.1, 0.15) is 22.9 Å². The highest BCUT2D eigenvalue weighted by Gasteiger charge is 2.39. The Morgan fingerprint density at radius 1 is 1.16 bits per heavy atom. The van der Waals surface area contributed by atoms with E-state index < -0.39 is 0 Å². The molecule has 0 saturated carbocycles. The third-order valence-electron chi connectivity index (χ3n) is 6.73. The number of ether oxygens (including phenoxy) is 2. The number of nitrogens with zero attached hydrogens (tertiary/aromatic N) is 3. The van der Waals surface area contributed by atoms with Crippen LogP contribution in [0.5, 0.6) is 5.75 Å². The van der Waals surface area contributed by atoms with Gasteiger partial charge in [-0.2, -0.15) is 0 Å². The molecular formula is C24H29N3O3S. The van der Waals surface area contributed by atoms with Gasteiger partial charge in [0.25, 0.3) is 5.56 Å². The molecule has 2 saturated heterocycles. The molecule has 2 fully saturated rings. The van der Waals surface area contributed by atoms with Gasteiger partial charge in [0, 0.05) is 30.7 Å². The van der Waals surface area contributed by atoms with Crippen LogP contribution in [0.1, 0.15) is 37.0 Å². The highest BCUT2D eigenvalue weighted by Crippen LogP contribution is 2.36. The van der Waals surface area contributed by atoms with Crippen molar-refractivity contribution in [3.05, 3.63) is 51.9 Å². The van der Waals surface area contributed by atoms with Crippen molar-refractivity contribution in [2.75, 3.05) is 20.8 Å². The van der Waals surface area contributed by atoms with Crippen LogP contribution in [0.2, 0.25) is 0 Å². The summed E-state index contributed by atoms with van der Waals surface area (Å²) in [6.45, 7) is 0.721. The van der Waals surface area contributed by atoms with Gasteiger partial charge in [0.15, 0.2) is 0 Å². The summed E-state index contributed by atoms with van der Waals surface area (Å²) in [4.78, 5) is 21.3. The van der Waals surface area contributed by atoms with E-state index in [-0.39, 0.29) is 11.7 Å². The molecule has 3 atom stereocenters. The number of benzene rings is 1. The second kappa shape index (κ2) is 8.73. The van der Waals surface area contributed by atoms with E-state index in [0.29, 0.717) is 16.8 Å². The minimum absolute atomic E-state index is 0.0199. The van der Waals surface area contributed by atoms with Crippen molar-refractivity contribution in [1.82, 2.24) is 14.5 Å². The third kappa shape index (κ3) is 4.14. The van der Waals surface area contributed by atoms with E-state index in [1.807, 2.05) is 30.3 Å². The predicted octanol–water partition coefficient (Wildman–Crippen LogP) is 4.03. The molecule has 0 amide bonds. The number of piperidine rings is 1. The van der Waals surface area contributed by atoms with E-state index in [1.165, 1.54) is 29.1 Å². The summed E-state index contributed by atoms with van der Waals surface area (Å²) in [6.07, 6.45) is 8.52. The monoisotopic (exact) mass is 439 g/mol. The average molecular weight is 440 g/mol. The number of rotatable bonds is 7. The zero-order valence-corrected chi connectivity index (χ0v) is 18.9. The molecule has 3 aromatic rings. The molecule has 2 aliphatic rings. The molecule has 0 spiro atoms. The van der Waals surface area contributed by atoms with Gasteiger partial charge in [-0.25, -0.2) is 4.98 Å². The standard InChI is InChI=1S/C24H29N3O3S/c1-26-17-5-6-18(26)13-20(12-17)30-19-9-7-16(8-10-19)27-15-25-22-14-21(4-3-11-29-2)31-23(22)24(27)28/h7-10,14-15,17-18,20H,3-6,11-13H2,1-2H3/t17-,18+,20?. The van der Waals surface area contributed by atoms with Crippen LogP contribution >= 0.6 is 11.3 Å². The van der Waals surface area contributed by atoms with Crippen molar-refractivity contribution >= 4 is 21.6 Å². The second-order valence-corrected chi connectivity index (χ2v) is 9.84. The lowest BCUT2D eigenvalue weighted by atomic mass is 10.0. The lowest BCUT2D eigenvalue weighted by Gasteiger charge is -2.36. The highest BCUT2D eigenvalue weighted by molar-refractivity contribution is 7.18. The van der Waals surface area contributed by atoms with Crippen LogP contribution in [0.3, 0.4) is 0 Å². The van der Waals surface area contributed by atoms with E-state index >= 15 is 0 Å². The Morgan fingerprint density at radius 2 is 1.90 bits per heavy atom. The van der Waals surface area contributed by atoms with Gasteiger partial charge in [-0.1, -0.05) is 0 Å². The van der Waals surface area contributed by atoms with Gasteiger partial charge in [-0.15, -0.1) is 11.3 Å². The molecular weight excluding hydrogens is 410 g/mol. The number of fused-ring (bicyclic) bond motifs is 3. The number of aromatic nitrogens is 2. The summed E-state index contributed by atoms with van der Waals surface area (Å²) in [5.41, 5.74) is 1.56. The maximum absolute atomic E-state index is 13.1. The molecule has 0 aliphatic carbocycles. The van der Waals surface area contributed by atoms with E-state index in [1.54, 1.807) is 18.0 Å². The quantitative estimate of drug-likeness (QED) is 0.520. The molecule has 6 nitrogen and oxygen atoms in total. The number of aryl methyl sites for hydroxylation is 1. The molecule has 31 heavy (non-hydrogen) atoms. The first-order valence-corrected chi connectivity index (χ1v) is 11.9. The molecule has 5 rings (SSSR count). The van der Waals surface area contributed by atoms with Crippen molar-refractivity contribution in [1.29, 1.82) is 0 Å². The van der Waals surface area contributed by atoms with Gasteiger partial charge >= 0.3 is 0 Å². The molecule has 7 heteroatoms. The fourth-order valence-corrected chi connectivity index (χ4v) is 6.08. The van der Waals surface area contributed by atoms with E-state index in [0.717, 1.165) is 49.2 Å². The van der Waals surface area contributed by atoms with Crippen molar-refractivity contribution in [2.45, 2.75) is 56.7 Å². The predicted molar refractivity (Wildman–Crippen MR) is 124 cm³/mol. The molecule has 4 heterocycles. The third-order valence-corrected chi connectivity index (χ3v) is 7.91. The van der Waals surface area contributed by atoms with E-state index in [9.17, 15) is 4.79 Å². The molecule has 1 aromatic carbocycles. The maximum atomic E-state index is 13.1. The van der Waals surface area contributed by atoms with Crippen molar-refractivity contribution in [2.24, 2.45) is 0 Å². The van der Waals surface area contributed by atoms with Crippen molar-refractivity contribution in [3.63, 3.8) is 0 Å². The highest BCUT2D eigenvalue weighted by atomic mass is 32.1. The van der Waals surface area contributed by atoms with Crippen LogP contribution in [0.25, 0.3) is 15.9 Å². The van der Waals surface area contributed by atoms with E-state index in [2.05, 4.69) is 16.9 Å². The molecule has 2 bridgehead atoms.